The van der Waals surface area contributed by atoms with Gasteiger partial charge in [-0.3, -0.25) is 9.69 Å². The van der Waals surface area contributed by atoms with Gasteiger partial charge in [0.25, 0.3) is 0 Å². The average Bonchev–Trinajstić information content (AvgIpc) is 3.26. The van der Waals surface area contributed by atoms with Gasteiger partial charge in [0.2, 0.25) is 5.91 Å². The molecule has 0 N–H and O–H groups in total. The van der Waals surface area contributed by atoms with Gasteiger partial charge in [0, 0.05) is 25.8 Å². The van der Waals surface area contributed by atoms with Crippen LogP contribution >= 0.6 is 11.3 Å². The van der Waals surface area contributed by atoms with Gasteiger partial charge in [0.15, 0.2) is 11.3 Å². The highest BCUT2D eigenvalue weighted by Gasteiger charge is 2.32. The quantitative estimate of drug-likeness (QED) is 0.811. The molecule has 0 spiro atoms. The molecule has 1 aromatic carbocycles. The van der Waals surface area contributed by atoms with Crippen LogP contribution in [0.25, 0.3) is 10.4 Å². The van der Waals surface area contributed by atoms with Crippen molar-refractivity contribution >= 4 is 22.4 Å². The first-order chi connectivity index (χ1) is 11.2. The van der Waals surface area contributed by atoms with E-state index in [1.807, 2.05) is 43.5 Å². The summed E-state index contributed by atoms with van der Waals surface area (Å²) in [7, 11) is 0. The molecule has 1 fully saturated rings. The average molecular weight is 326 g/mol. The Morgan fingerprint density at radius 1 is 1.48 bits per heavy atom. The molecule has 0 aliphatic carbocycles. The minimum absolute atomic E-state index is 0.0687. The summed E-state index contributed by atoms with van der Waals surface area (Å²) in [4.78, 5) is 21.6. The fourth-order valence-electron chi connectivity index (χ4n) is 2.78. The lowest BCUT2D eigenvalue weighted by molar-refractivity contribution is -0.121. The molecule has 1 aliphatic rings. The molecule has 3 rings (SSSR count). The largest absolute Gasteiger partial charge is 0.310 e. The van der Waals surface area contributed by atoms with Gasteiger partial charge < -0.3 is 4.90 Å². The predicted molar refractivity (Wildman–Crippen MR) is 90.9 cm³/mol. The Hall–Kier alpha value is -2.39. The summed E-state index contributed by atoms with van der Waals surface area (Å²) in [6, 6.07) is 10.0. The van der Waals surface area contributed by atoms with Gasteiger partial charge in [0.05, 0.1) is 10.8 Å². The van der Waals surface area contributed by atoms with Crippen molar-refractivity contribution in [2.45, 2.75) is 13.3 Å². The van der Waals surface area contributed by atoms with Crippen molar-refractivity contribution in [3.05, 3.63) is 36.5 Å². The lowest BCUT2D eigenvalue weighted by atomic mass is 10.1. The minimum Gasteiger partial charge on any atom is -0.310 e. The zero-order valence-electron chi connectivity index (χ0n) is 13.0. The number of benzene rings is 1. The number of carbonyl (C=O) groups excluding carboxylic acids is 1. The monoisotopic (exact) mass is 326 g/mol. The van der Waals surface area contributed by atoms with Crippen molar-refractivity contribution in [3.8, 4) is 16.6 Å². The number of nitrogens with zero attached hydrogens (tertiary/aromatic N) is 4. The van der Waals surface area contributed by atoms with Crippen LogP contribution in [-0.2, 0) is 4.79 Å². The number of likely N-dealkylation sites (tertiary alicyclic amines) is 1. The van der Waals surface area contributed by atoms with Crippen molar-refractivity contribution in [2.24, 2.45) is 5.92 Å². The number of anilines is 1. The summed E-state index contributed by atoms with van der Waals surface area (Å²) in [5.74, 6) is -0.0436. The first kappa shape index (κ1) is 15.5. The van der Waals surface area contributed by atoms with Gasteiger partial charge in [-0.15, -0.1) is 0 Å². The normalized spacial score (nSPS) is 17.0. The molecule has 0 saturated carbocycles. The van der Waals surface area contributed by atoms with Crippen LogP contribution in [0, 0.1) is 17.4 Å². The van der Waals surface area contributed by atoms with Crippen LogP contribution in [0.15, 0.2) is 36.5 Å². The van der Waals surface area contributed by atoms with E-state index in [0.29, 0.717) is 19.6 Å². The summed E-state index contributed by atoms with van der Waals surface area (Å²) in [5.41, 5.74) is 1.11. The van der Waals surface area contributed by atoms with Crippen LogP contribution in [0.1, 0.15) is 13.3 Å². The van der Waals surface area contributed by atoms with Crippen molar-refractivity contribution in [1.82, 2.24) is 9.88 Å². The number of amides is 1. The summed E-state index contributed by atoms with van der Waals surface area (Å²) >= 11 is 1.53. The molecule has 1 atom stereocenters. The van der Waals surface area contributed by atoms with Gasteiger partial charge >= 0.3 is 0 Å². The van der Waals surface area contributed by atoms with E-state index in [0.717, 1.165) is 22.0 Å². The van der Waals surface area contributed by atoms with E-state index in [1.54, 1.807) is 9.80 Å². The Labute approximate surface area is 139 Å². The highest BCUT2D eigenvalue weighted by atomic mass is 32.1. The molecule has 2 aromatic rings. The van der Waals surface area contributed by atoms with Crippen LogP contribution in [-0.4, -0.2) is 35.4 Å². The van der Waals surface area contributed by atoms with E-state index in [4.69, 9.17) is 5.26 Å². The Morgan fingerprint density at radius 3 is 2.91 bits per heavy atom. The number of rotatable bonds is 4. The van der Waals surface area contributed by atoms with Crippen molar-refractivity contribution in [3.63, 3.8) is 0 Å². The first-order valence-corrected chi connectivity index (χ1v) is 8.52. The smallest absolute Gasteiger partial charge is 0.233 e. The Balaban J connectivity index is 1.78. The number of hydrogen-bond acceptors (Lipinski definition) is 5. The number of carbonyl (C=O) groups is 1. The third-order valence-electron chi connectivity index (χ3n) is 4.04. The molecule has 0 radical (unpaired) electrons. The van der Waals surface area contributed by atoms with Crippen LogP contribution in [0.2, 0.25) is 0 Å². The molecule has 0 bridgehead atoms. The summed E-state index contributed by atoms with van der Waals surface area (Å²) in [6.07, 6.45) is 4.68. The Kier molecular flexibility index (Phi) is 4.58. The molecule has 6 heteroatoms. The third kappa shape index (κ3) is 3.20. The highest BCUT2D eigenvalue weighted by Crippen LogP contribution is 2.32. The fraction of sp³-hybridized carbons (Fsp3) is 0.353. The highest BCUT2D eigenvalue weighted by molar-refractivity contribution is 7.19. The van der Waals surface area contributed by atoms with Crippen LogP contribution in [0.5, 0.6) is 0 Å². The van der Waals surface area contributed by atoms with E-state index in [2.05, 4.69) is 11.2 Å². The zero-order chi connectivity index (χ0) is 16.2. The molecule has 2 heterocycles. The minimum atomic E-state index is -0.112. The topological polar surface area (TPSA) is 60.2 Å². The zero-order valence-corrected chi connectivity index (χ0v) is 13.8. The lowest BCUT2D eigenvalue weighted by Crippen LogP contribution is -2.37. The number of thiazole rings is 1. The number of aromatic nitrogens is 1. The fourth-order valence-corrected chi connectivity index (χ4v) is 3.77. The van der Waals surface area contributed by atoms with Crippen molar-refractivity contribution in [1.29, 1.82) is 5.26 Å². The molecule has 1 saturated heterocycles. The van der Waals surface area contributed by atoms with Gasteiger partial charge in [-0.05, 0) is 18.9 Å². The molecular weight excluding hydrogens is 308 g/mol. The van der Waals surface area contributed by atoms with Gasteiger partial charge in [-0.2, -0.15) is 5.26 Å². The molecule has 23 heavy (non-hydrogen) atoms. The van der Waals surface area contributed by atoms with E-state index < -0.39 is 0 Å². The van der Waals surface area contributed by atoms with Crippen LogP contribution in [0.3, 0.4) is 0 Å². The van der Waals surface area contributed by atoms with Gasteiger partial charge in [-0.25, -0.2) is 4.98 Å². The Morgan fingerprint density at radius 2 is 2.26 bits per heavy atom. The van der Waals surface area contributed by atoms with Crippen LogP contribution in [0.4, 0.5) is 5.13 Å². The standard InChI is InChI=1S/C17H18N4OS/c1-2-21(16(22)14-8-9-20(11-14)12-18)17-19-10-15(23-17)13-6-4-3-5-7-13/h3-7,10,14H,2,8-9,11H2,1H3. The van der Waals surface area contributed by atoms with Crippen molar-refractivity contribution in [2.75, 3.05) is 24.5 Å². The third-order valence-corrected chi connectivity index (χ3v) is 5.11. The summed E-state index contributed by atoms with van der Waals surface area (Å²) in [6.45, 7) is 3.72. The maximum Gasteiger partial charge on any atom is 0.233 e. The van der Waals surface area contributed by atoms with Crippen molar-refractivity contribution < 1.29 is 4.79 Å². The second kappa shape index (κ2) is 6.80. The second-order valence-electron chi connectivity index (χ2n) is 5.49. The molecule has 1 unspecified atom stereocenters. The van der Waals surface area contributed by atoms with Gasteiger partial charge in [0.1, 0.15) is 0 Å². The summed E-state index contributed by atoms with van der Waals surface area (Å²) < 4.78 is 0. The first-order valence-electron chi connectivity index (χ1n) is 7.70. The van der Waals surface area contributed by atoms with Gasteiger partial charge in [-0.1, -0.05) is 41.7 Å². The number of nitriles is 1. The molecule has 1 aliphatic heterocycles. The molecule has 1 amide bonds. The lowest BCUT2D eigenvalue weighted by Gasteiger charge is -2.21. The molecule has 5 nitrogen and oxygen atoms in total. The Bertz CT molecular complexity index is 722. The SMILES string of the molecule is CCN(C(=O)C1CCN(C#N)C1)c1ncc(-c2ccccc2)s1. The molecule has 118 valence electrons. The van der Waals surface area contributed by atoms with E-state index >= 15 is 0 Å². The van der Waals surface area contributed by atoms with E-state index in [9.17, 15) is 4.79 Å². The van der Waals surface area contributed by atoms with E-state index in [1.165, 1.54) is 11.3 Å². The maximum atomic E-state index is 12.7. The van der Waals surface area contributed by atoms with Crippen LogP contribution < -0.4 is 4.90 Å². The maximum absolute atomic E-state index is 12.7. The molecule has 1 aromatic heterocycles. The number of hydrogen-bond donors (Lipinski definition) is 0. The summed E-state index contributed by atoms with van der Waals surface area (Å²) in [5, 5.41) is 9.68. The van der Waals surface area contributed by atoms with E-state index in [-0.39, 0.29) is 11.8 Å². The predicted octanol–water partition coefficient (Wildman–Crippen LogP) is 2.97. The second-order valence-corrected chi connectivity index (χ2v) is 6.50. The molecular formula is C17H18N4OS.